The first-order valence-electron chi connectivity index (χ1n) is 9.17. The number of H-pyrrole nitrogens is 1. The molecule has 0 aliphatic heterocycles. The third-order valence-electron chi connectivity index (χ3n) is 4.33. The number of hydrogen-bond donors (Lipinski definition) is 3. The lowest BCUT2D eigenvalue weighted by Crippen LogP contribution is -2.26. The molecule has 0 aliphatic rings. The van der Waals surface area contributed by atoms with Crippen LogP contribution in [-0.4, -0.2) is 59.5 Å². The van der Waals surface area contributed by atoms with E-state index >= 15 is 0 Å². The Morgan fingerprint density at radius 3 is 2.78 bits per heavy atom. The lowest BCUT2D eigenvalue weighted by molar-refractivity contribution is 0.0949. The summed E-state index contributed by atoms with van der Waals surface area (Å²) in [6.07, 6.45) is 6.88. The van der Waals surface area contributed by atoms with Crippen LogP contribution < -0.4 is 10.6 Å². The lowest BCUT2D eigenvalue weighted by atomic mass is 10.1. The molecule has 1 aromatic carbocycles. The first kappa shape index (κ1) is 18.8. The van der Waals surface area contributed by atoms with Gasteiger partial charge in [-0.05, 0) is 45.1 Å². The van der Waals surface area contributed by atoms with Gasteiger partial charge in [0.1, 0.15) is 11.5 Å². The number of anilines is 1. The van der Waals surface area contributed by atoms with Gasteiger partial charge in [0.15, 0.2) is 0 Å². The van der Waals surface area contributed by atoms with Gasteiger partial charge in [-0.15, -0.1) is 0 Å². The van der Waals surface area contributed by atoms with Gasteiger partial charge in [-0.3, -0.25) is 4.79 Å². The average Bonchev–Trinajstić information content (AvgIpc) is 3.09. The summed E-state index contributed by atoms with van der Waals surface area (Å²) in [4.78, 5) is 26.1. The van der Waals surface area contributed by atoms with E-state index in [1.165, 1.54) is 17.1 Å². The van der Waals surface area contributed by atoms with Crippen LogP contribution >= 0.6 is 0 Å². The zero-order valence-corrected chi connectivity index (χ0v) is 15.8. The molecule has 7 heteroatoms. The maximum absolute atomic E-state index is 12.2. The van der Waals surface area contributed by atoms with E-state index in [2.05, 4.69) is 36.6 Å². The molecule has 0 fully saturated rings. The number of carbonyl (C=O) groups excluding carboxylic acids is 1. The third kappa shape index (κ3) is 5.27. The van der Waals surface area contributed by atoms with Gasteiger partial charge in [0, 0.05) is 30.2 Å². The molecule has 0 radical (unpaired) electrons. The Balaban J connectivity index is 1.45. The molecule has 2 heterocycles. The fourth-order valence-electron chi connectivity index (χ4n) is 2.89. The molecule has 3 rings (SSSR count). The number of benzene rings is 1. The van der Waals surface area contributed by atoms with Crippen molar-refractivity contribution in [2.24, 2.45) is 0 Å². The highest BCUT2D eigenvalue weighted by Crippen LogP contribution is 2.17. The Morgan fingerprint density at radius 2 is 2.00 bits per heavy atom. The molecule has 3 N–H and O–H groups in total. The van der Waals surface area contributed by atoms with Gasteiger partial charge in [-0.2, -0.15) is 0 Å². The molecule has 3 aromatic rings. The molecule has 0 unspecified atom stereocenters. The van der Waals surface area contributed by atoms with Crippen molar-refractivity contribution < 1.29 is 4.79 Å². The Labute approximate surface area is 159 Å². The van der Waals surface area contributed by atoms with Gasteiger partial charge in [-0.1, -0.05) is 18.2 Å². The Bertz CT molecular complexity index is 872. The van der Waals surface area contributed by atoms with Gasteiger partial charge in [0.2, 0.25) is 0 Å². The Kier molecular flexibility index (Phi) is 6.38. The zero-order valence-electron chi connectivity index (χ0n) is 15.8. The summed E-state index contributed by atoms with van der Waals surface area (Å²) in [7, 11) is 4.09. The fourth-order valence-corrected chi connectivity index (χ4v) is 2.89. The second-order valence-corrected chi connectivity index (χ2v) is 6.74. The molecule has 0 aliphatic carbocycles. The number of nitrogens with zero attached hydrogens (tertiary/aromatic N) is 3. The van der Waals surface area contributed by atoms with Crippen molar-refractivity contribution >= 4 is 22.6 Å². The van der Waals surface area contributed by atoms with Crippen LogP contribution in [0.15, 0.2) is 42.9 Å². The maximum Gasteiger partial charge on any atom is 0.271 e. The molecule has 0 saturated heterocycles. The molecule has 7 nitrogen and oxygen atoms in total. The first-order valence-corrected chi connectivity index (χ1v) is 9.17. The third-order valence-corrected chi connectivity index (χ3v) is 4.33. The van der Waals surface area contributed by atoms with Crippen molar-refractivity contribution in [3.05, 3.63) is 54.1 Å². The van der Waals surface area contributed by atoms with Gasteiger partial charge < -0.3 is 20.5 Å². The summed E-state index contributed by atoms with van der Waals surface area (Å²) in [5.74, 6) is 0.477. The Morgan fingerprint density at radius 1 is 1.15 bits per heavy atom. The number of hydrogen-bond acceptors (Lipinski definition) is 5. The number of amides is 1. The molecule has 0 saturated carbocycles. The number of para-hydroxylation sites is 1. The summed E-state index contributed by atoms with van der Waals surface area (Å²) < 4.78 is 0. The highest BCUT2D eigenvalue weighted by atomic mass is 16.1. The largest absolute Gasteiger partial charge is 0.369 e. The first-order chi connectivity index (χ1) is 13.1. The normalized spacial score (nSPS) is 11.1. The molecule has 0 bridgehead atoms. The topological polar surface area (TPSA) is 85.9 Å². The van der Waals surface area contributed by atoms with Crippen LogP contribution in [0.25, 0.3) is 10.9 Å². The quantitative estimate of drug-likeness (QED) is 0.506. The molecular formula is C20H26N6O. The van der Waals surface area contributed by atoms with Crippen molar-refractivity contribution in [2.75, 3.05) is 39.0 Å². The number of aromatic nitrogens is 3. The number of carbonyl (C=O) groups is 1. The highest BCUT2D eigenvalue weighted by molar-refractivity contribution is 5.92. The van der Waals surface area contributed by atoms with E-state index < -0.39 is 0 Å². The molecule has 142 valence electrons. The van der Waals surface area contributed by atoms with Crippen LogP contribution in [0.4, 0.5) is 5.82 Å². The van der Waals surface area contributed by atoms with Crippen molar-refractivity contribution in [3.8, 4) is 0 Å². The van der Waals surface area contributed by atoms with Crippen LogP contribution in [0.1, 0.15) is 22.5 Å². The monoisotopic (exact) mass is 366 g/mol. The minimum absolute atomic E-state index is 0.207. The number of nitrogens with one attached hydrogen (secondary N) is 3. The van der Waals surface area contributed by atoms with E-state index in [0.717, 1.165) is 31.4 Å². The number of fused-ring (bicyclic) bond motifs is 1. The van der Waals surface area contributed by atoms with Gasteiger partial charge >= 0.3 is 0 Å². The minimum atomic E-state index is -0.207. The van der Waals surface area contributed by atoms with Crippen molar-refractivity contribution in [2.45, 2.75) is 12.8 Å². The number of rotatable bonds is 9. The van der Waals surface area contributed by atoms with Gasteiger partial charge in [0.05, 0.1) is 12.4 Å². The summed E-state index contributed by atoms with van der Waals surface area (Å²) in [6, 6.07) is 8.15. The van der Waals surface area contributed by atoms with E-state index in [9.17, 15) is 4.79 Å². The highest BCUT2D eigenvalue weighted by Gasteiger charge is 2.08. The molecule has 1 amide bonds. The number of aromatic amines is 1. The molecule has 0 spiro atoms. The molecule has 0 atom stereocenters. The zero-order chi connectivity index (χ0) is 19.1. The predicted octanol–water partition coefficient (Wildman–Crippen LogP) is 2.29. The molecule has 2 aromatic heterocycles. The van der Waals surface area contributed by atoms with Crippen LogP contribution in [0.3, 0.4) is 0 Å². The SMILES string of the molecule is CN(C)CCCNc1cnc(C(=O)NCCc2c[nH]c3ccccc23)cn1. The van der Waals surface area contributed by atoms with Crippen LogP contribution in [-0.2, 0) is 6.42 Å². The summed E-state index contributed by atoms with van der Waals surface area (Å²) in [5.41, 5.74) is 2.63. The second kappa shape index (κ2) is 9.14. The molecule has 27 heavy (non-hydrogen) atoms. The van der Waals surface area contributed by atoms with Crippen LogP contribution in [0.5, 0.6) is 0 Å². The summed E-state index contributed by atoms with van der Waals surface area (Å²) in [6.45, 7) is 2.38. The van der Waals surface area contributed by atoms with Gasteiger partial charge in [0.25, 0.3) is 5.91 Å². The van der Waals surface area contributed by atoms with Gasteiger partial charge in [-0.25, -0.2) is 9.97 Å². The van der Waals surface area contributed by atoms with E-state index in [4.69, 9.17) is 0 Å². The van der Waals surface area contributed by atoms with Crippen LogP contribution in [0.2, 0.25) is 0 Å². The van der Waals surface area contributed by atoms with E-state index in [-0.39, 0.29) is 5.91 Å². The minimum Gasteiger partial charge on any atom is -0.369 e. The van der Waals surface area contributed by atoms with E-state index in [1.807, 2.05) is 38.5 Å². The standard InChI is InChI=1S/C20H26N6O/c1-26(2)11-5-9-21-19-14-24-18(13-25-19)20(27)22-10-8-15-12-23-17-7-4-3-6-16(15)17/h3-4,6-7,12-14,23H,5,8-11H2,1-2H3,(H,21,25)(H,22,27). The van der Waals surface area contributed by atoms with E-state index in [1.54, 1.807) is 6.20 Å². The summed E-state index contributed by atoms with van der Waals surface area (Å²) in [5, 5.41) is 7.31. The fraction of sp³-hybridized carbons (Fsp3) is 0.350. The maximum atomic E-state index is 12.2. The smallest absolute Gasteiger partial charge is 0.271 e. The van der Waals surface area contributed by atoms with Crippen molar-refractivity contribution in [3.63, 3.8) is 0 Å². The Hall–Kier alpha value is -2.93. The van der Waals surface area contributed by atoms with Crippen LogP contribution in [0, 0.1) is 0 Å². The lowest BCUT2D eigenvalue weighted by Gasteiger charge is -2.10. The van der Waals surface area contributed by atoms with E-state index in [0.29, 0.717) is 18.1 Å². The second-order valence-electron chi connectivity index (χ2n) is 6.74. The average molecular weight is 366 g/mol. The van der Waals surface area contributed by atoms with Crippen molar-refractivity contribution in [1.29, 1.82) is 0 Å². The molecular weight excluding hydrogens is 340 g/mol. The summed E-state index contributed by atoms with van der Waals surface area (Å²) >= 11 is 0. The van der Waals surface area contributed by atoms with Crippen molar-refractivity contribution in [1.82, 2.24) is 25.2 Å². The predicted molar refractivity (Wildman–Crippen MR) is 108 cm³/mol.